The van der Waals surface area contributed by atoms with E-state index in [1.807, 2.05) is 44.2 Å². The summed E-state index contributed by atoms with van der Waals surface area (Å²) in [6.07, 6.45) is 1.40. The molecule has 0 amide bonds. The van der Waals surface area contributed by atoms with Crippen molar-refractivity contribution in [3.05, 3.63) is 85.3 Å². The lowest BCUT2D eigenvalue weighted by Gasteiger charge is -2.21. The predicted molar refractivity (Wildman–Crippen MR) is 161 cm³/mol. The summed E-state index contributed by atoms with van der Waals surface area (Å²) in [5, 5.41) is 16.5. The Labute approximate surface area is 251 Å². The fourth-order valence-corrected chi connectivity index (χ4v) is 6.70. The molecule has 1 aliphatic rings. The van der Waals surface area contributed by atoms with Gasteiger partial charge in [0.2, 0.25) is 5.69 Å². The van der Waals surface area contributed by atoms with Gasteiger partial charge >= 0.3 is 5.97 Å². The van der Waals surface area contributed by atoms with Gasteiger partial charge in [0.1, 0.15) is 16.4 Å². The molecule has 11 nitrogen and oxygen atoms in total. The Morgan fingerprint density at radius 2 is 1.95 bits per heavy atom. The van der Waals surface area contributed by atoms with Crippen LogP contribution in [0.15, 0.2) is 51.9 Å². The quantitative estimate of drug-likeness (QED) is 0.148. The van der Waals surface area contributed by atoms with Gasteiger partial charge in [-0.3, -0.25) is 14.2 Å². The molecule has 0 saturated heterocycles. The zero-order chi connectivity index (χ0) is 30.1. The van der Waals surface area contributed by atoms with Crippen molar-refractivity contribution in [2.75, 3.05) is 20.2 Å². The van der Waals surface area contributed by atoms with Gasteiger partial charge in [0.25, 0.3) is 11.3 Å². The van der Waals surface area contributed by atoms with Crippen LogP contribution in [0.5, 0.6) is 5.75 Å². The van der Waals surface area contributed by atoms with Gasteiger partial charge in [-0.05, 0) is 67.5 Å². The minimum atomic E-state index is -0.458. The number of aromatic nitrogens is 4. The summed E-state index contributed by atoms with van der Waals surface area (Å²) in [7, 11) is 2.09. The van der Waals surface area contributed by atoms with Crippen molar-refractivity contribution in [1.82, 2.24) is 20.0 Å². The van der Waals surface area contributed by atoms with Crippen molar-refractivity contribution < 1.29 is 23.8 Å². The number of benzene rings is 2. The van der Waals surface area contributed by atoms with Crippen molar-refractivity contribution in [2.24, 2.45) is 0 Å². The van der Waals surface area contributed by atoms with E-state index >= 15 is 0 Å². The summed E-state index contributed by atoms with van der Waals surface area (Å²) in [5.41, 5.74) is 4.79. The third-order valence-electron chi connectivity index (χ3n) is 7.52. The Balaban J connectivity index is 1.06. The van der Waals surface area contributed by atoms with E-state index in [1.54, 1.807) is 23.5 Å². The van der Waals surface area contributed by atoms with Gasteiger partial charge in [-0.25, -0.2) is 4.98 Å². The van der Waals surface area contributed by atoms with Crippen LogP contribution in [0.3, 0.4) is 0 Å². The molecule has 2 aromatic carbocycles. The lowest BCUT2D eigenvalue weighted by Crippen LogP contribution is -2.29. The second-order valence-electron chi connectivity index (χ2n) is 10.7. The van der Waals surface area contributed by atoms with Gasteiger partial charge < -0.3 is 24.6 Å². The average molecular weight is 602 g/mol. The van der Waals surface area contributed by atoms with E-state index < -0.39 is 5.97 Å². The Morgan fingerprint density at radius 3 is 2.72 bits per heavy atom. The number of H-pyrrole nitrogens is 1. The summed E-state index contributed by atoms with van der Waals surface area (Å²) < 4.78 is 16.1. The van der Waals surface area contributed by atoms with E-state index in [2.05, 4.69) is 22.1 Å². The summed E-state index contributed by atoms with van der Waals surface area (Å²) in [6.45, 7) is 5.71. The first-order valence-corrected chi connectivity index (χ1v) is 14.9. The Morgan fingerprint density at radius 1 is 1.19 bits per heavy atom. The van der Waals surface area contributed by atoms with Crippen LogP contribution >= 0.6 is 11.3 Å². The molecule has 4 heterocycles. The van der Waals surface area contributed by atoms with Crippen LogP contribution in [0.2, 0.25) is 0 Å². The molecule has 0 atom stereocenters. The highest BCUT2D eigenvalue weighted by atomic mass is 32.1. The van der Waals surface area contributed by atoms with Crippen LogP contribution in [-0.4, -0.2) is 46.2 Å². The molecule has 0 fully saturated rings. The van der Waals surface area contributed by atoms with E-state index in [0.717, 1.165) is 52.3 Å². The maximum atomic E-state index is 13.1. The lowest BCUT2D eigenvalue weighted by atomic mass is 10.0. The molecule has 43 heavy (non-hydrogen) atoms. The van der Waals surface area contributed by atoms with Gasteiger partial charge in [-0.1, -0.05) is 30.3 Å². The maximum absolute atomic E-state index is 13.1. The van der Waals surface area contributed by atoms with E-state index in [1.165, 1.54) is 4.88 Å². The normalized spacial score (nSPS) is 13.3. The van der Waals surface area contributed by atoms with Crippen molar-refractivity contribution in [3.8, 4) is 28.4 Å². The number of fused-ring (bicyclic) bond motifs is 3. The number of carbonyl (C=O) groups is 1. The molecule has 5 aromatic rings. The minimum Gasteiger partial charge on any atom is -0.493 e. The van der Waals surface area contributed by atoms with Crippen molar-refractivity contribution in [2.45, 2.75) is 46.3 Å². The number of hydrogen-bond acceptors (Lipinski definition) is 10. The van der Waals surface area contributed by atoms with Crippen molar-refractivity contribution in [1.29, 1.82) is 0 Å². The highest BCUT2D eigenvalue weighted by Crippen LogP contribution is 2.34. The molecule has 1 aliphatic heterocycles. The standard InChI is InChI=1S/C31H31N5O6S/c1-18-14-21(29-32-30(38)26-22-11-12-35(3)16-24(22)43-31(26)33-29)15-19(2)28(18)40-13-7-10-25(37)41-17-23-27(34-42-36(23)39)20-8-5-4-6-9-20/h4-6,8-9,14-15H,7,10-13,16-17H2,1-3H3,(H,32,33,38). The first kappa shape index (κ1) is 28.6. The van der Waals surface area contributed by atoms with Crippen LogP contribution in [-0.2, 0) is 29.1 Å². The smallest absolute Gasteiger partial charge is 0.306 e. The summed E-state index contributed by atoms with van der Waals surface area (Å²) in [6, 6.07) is 13.0. The van der Waals surface area contributed by atoms with Crippen LogP contribution in [0.1, 0.15) is 40.1 Å². The van der Waals surface area contributed by atoms with Gasteiger partial charge in [0.15, 0.2) is 6.61 Å². The van der Waals surface area contributed by atoms with Crippen LogP contribution in [0.25, 0.3) is 32.9 Å². The Kier molecular flexibility index (Phi) is 7.96. The molecular weight excluding hydrogens is 570 g/mol. The Hall–Kier alpha value is -4.55. The molecule has 0 unspecified atom stereocenters. The molecule has 0 radical (unpaired) electrons. The number of likely N-dealkylation sites (N-methyl/N-ethyl adjacent to an activating group) is 1. The molecule has 6 rings (SSSR count). The number of nitrogens with one attached hydrogen (secondary N) is 1. The highest BCUT2D eigenvalue weighted by Gasteiger charge is 2.24. The molecule has 222 valence electrons. The second kappa shape index (κ2) is 12.0. The number of aryl methyl sites for hydroxylation is 2. The van der Waals surface area contributed by atoms with Crippen molar-refractivity contribution in [3.63, 3.8) is 0 Å². The molecule has 0 bridgehead atoms. The first-order valence-electron chi connectivity index (χ1n) is 14.1. The number of nitrogens with zero attached hydrogens (tertiary/aromatic N) is 4. The zero-order valence-corrected chi connectivity index (χ0v) is 25.0. The number of thiophene rings is 1. The summed E-state index contributed by atoms with van der Waals surface area (Å²) in [4.78, 5) is 37.8. The van der Waals surface area contributed by atoms with Gasteiger partial charge in [0.05, 0.1) is 12.0 Å². The molecule has 12 heteroatoms. The molecule has 0 spiro atoms. The molecule has 0 aliphatic carbocycles. The van der Waals surface area contributed by atoms with Crippen LogP contribution < -0.4 is 15.2 Å². The van der Waals surface area contributed by atoms with E-state index in [9.17, 15) is 14.8 Å². The predicted octanol–water partition coefficient (Wildman–Crippen LogP) is 4.45. The fraction of sp³-hybridized carbons (Fsp3) is 0.323. The minimum absolute atomic E-state index is 0.102. The zero-order valence-electron chi connectivity index (χ0n) is 24.1. The van der Waals surface area contributed by atoms with E-state index in [0.29, 0.717) is 35.5 Å². The van der Waals surface area contributed by atoms with Crippen LogP contribution in [0, 0.1) is 19.1 Å². The topological polar surface area (TPSA) is 137 Å². The maximum Gasteiger partial charge on any atom is 0.306 e. The molecular formula is C31H31N5O6S. The molecule has 1 N–H and O–H groups in total. The fourth-order valence-electron chi connectivity index (χ4n) is 5.40. The number of esters is 1. The van der Waals surface area contributed by atoms with E-state index in [4.69, 9.17) is 19.1 Å². The summed E-state index contributed by atoms with van der Waals surface area (Å²) in [5.74, 6) is 0.798. The summed E-state index contributed by atoms with van der Waals surface area (Å²) >= 11 is 1.60. The highest BCUT2D eigenvalue weighted by molar-refractivity contribution is 7.18. The van der Waals surface area contributed by atoms with Crippen molar-refractivity contribution >= 4 is 27.5 Å². The Bertz CT molecular complexity index is 1840. The van der Waals surface area contributed by atoms with Gasteiger partial charge in [-0.2, -0.15) is 0 Å². The number of aromatic amines is 1. The molecule has 0 saturated carbocycles. The third kappa shape index (κ3) is 5.88. The second-order valence-corrected chi connectivity index (χ2v) is 11.8. The number of carbonyl (C=O) groups excluding carboxylic acids is 1. The van der Waals surface area contributed by atoms with Gasteiger partial charge in [0, 0.05) is 40.7 Å². The first-order chi connectivity index (χ1) is 20.8. The lowest BCUT2D eigenvalue weighted by molar-refractivity contribution is -0.808. The van der Waals surface area contributed by atoms with Gasteiger partial charge in [-0.15, -0.1) is 11.3 Å². The van der Waals surface area contributed by atoms with E-state index in [-0.39, 0.29) is 29.2 Å². The molecule has 3 aromatic heterocycles. The number of rotatable bonds is 9. The average Bonchev–Trinajstić information content (AvgIpc) is 3.54. The van der Waals surface area contributed by atoms with Crippen LogP contribution in [0.4, 0.5) is 0 Å². The largest absolute Gasteiger partial charge is 0.493 e. The number of hydrogen-bond donors (Lipinski definition) is 1. The third-order valence-corrected chi connectivity index (χ3v) is 8.63. The SMILES string of the molecule is Cc1cc(-c2nc3sc4c(c3c(=O)[nH]2)CCN(C)C4)cc(C)c1OCCCC(=O)OCc1c(-c2ccccc2)no[n+]1[O-]. The monoisotopic (exact) mass is 601 g/mol. The number of ether oxygens (including phenoxy) is 2.